The molecule has 2 rings (SSSR count). The molecule has 1 aromatic carbocycles. The number of fused-ring (bicyclic) bond motifs is 1. The molecule has 0 aliphatic rings. The van der Waals surface area contributed by atoms with Crippen molar-refractivity contribution in [3.8, 4) is 0 Å². The van der Waals surface area contributed by atoms with Crippen LogP contribution in [0, 0.1) is 6.92 Å². The molecule has 0 fully saturated rings. The third-order valence-electron chi connectivity index (χ3n) is 2.25. The van der Waals surface area contributed by atoms with Crippen LogP contribution in [0.3, 0.4) is 0 Å². The minimum atomic E-state index is -2.43. The molecule has 0 aliphatic heterocycles. The molecule has 2 aromatic rings. The van der Waals surface area contributed by atoms with Gasteiger partial charge < -0.3 is 5.73 Å². The first-order valence-electron chi connectivity index (χ1n) is 4.15. The van der Waals surface area contributed by atoms with Crippen LogP contribution in [0.5, 0.6) is 0 Å². The zero-order valence-electron chi connectivity index (χ0n) is 7.55. The Balaban J connectivity index is 2.84. The molecular weight excluding hydrogens is 204 g/mol. The van der Waals surface area contributed by atoms with E-state index in [2.05, 4.69) is 0 Å². The SMILES string of the molecule is Cc1cc(C(F)F)c2sccc2c1N. The highest BCUT2D eigenvalue weighted by atomic mass is 32.1. The van der Waals surface area contributed by atoms with E-state index in [9.17, 15) is 8.78 Å². The Bertz CT molecular complexity index is 476. The predicted octanol–water partition coefficient (Wildman–Crippen LogP) is 3.73. The van der Waals surface area contributed by atoms with Crippen molar-refractivity contribution in [1.82, 2.24) is 0 Å². The van der Waals surface area contributed by atoms with Gasteiger partial charge in [0.2, 0.25) is 0 Å². The third-order valence-corrected chi connectivity index (χ3v) is 3.21. The topological polar surface area (TPSA) is 26.0 Å². The van der Waals surface area contributed by atoms with Gasteiger partial charge in [0.05, 0.1) is 0 Å². The number of nitrogens with two attached hydrogens (primary N) is 1. The number of hydrogen-bond acceptors (Lipinski definition) is 2. The fourth-order valence-electron chi connectivity index (χ4n) is 1.50. The average Bonchev–Trinajstić information content (AvgIpc) is 2.59. The number of halogens is 2. The summed E-state index contributed by atoms with van der Waals surface area (Å²) >= 11 is 1.31. The molecule has 1 nitrogen and oxygen atoms in total. The fourth-order valence-corrected chi connectivity index (χ4v) is 2.43. The molecule has 0 bridgehead atoms. The Morgan fingerprint density at radius 2 is 2.14 bits per heavy atom. The van der Waals surface area contributed by atoms with Gasteiger partial charge in [0.25, 0.3) is 6.43 Å². The summed E-state index contributed by atoms with van der Waals surface area (Å²) in [6.45, 7) is 1.75. The normalized spacial score (nSPS) is 11.4. The first kappa shape index (κ1) is 9.40. The molecule has 2 N–H and O–H groups in total. The predicted molar refractivity (Wildman–Crippen MR) is 55.9 cm³/mol. The van der Waals surface area contributed by atoms with Gasteiger partial charge in [-0.05, 0) is 30.0 Å². The standard InChI is InChI=1S/C10H9F2NS/c1-5-4-7(10(11)12)9-6(8(5)13)2-3-14-9/h2-4,10H,13H2,1H3. The van der Waals surface area contributed by atoms with Gasteiger partial charge in [-0.1, -0.05) is 0 Å². The summed E-state index contributed by atoms with van der Waals surface area (Å²) in [5.41, 5.74) is 7.19. The van der Waals surface area contributed by atoms with Gasteiger partial charge in [-0.15, -0.1) is 11.3 Å². The lowest BCUT2D eigenvalue weighted by Crippen LogP contribution is -1.93. The van der Waals surface area contributed by atoms with E-state index in [-0.39, 0.29) is 5.56 Å². The van der Waals surface area contributed by atoms with E-state index in [0.717, 1.165) is 5.39 Å². The molecule has 0 unspecified atom stereocenters. The maximum atomic E-state index is 12.7. The molecule has 0 atom stereocenters. The van der Waals surface area contributed by atoms with Crippen molar-refractivity contribution in [2.75, 3.05) is 5.73 Å². The van der Waals surface area contributed by atoms with Gasteiger partial charge in [0.15, 0.2) is 0 Å². The summed E-state index contributed by atoms with van der Waals surface area (Å²) in [5.74, 6) is 0. The number of rotatable bonds is 1. The van der Waals surface area contributed by atoms with E-state index < -0.39 is 6.43 Å². The third kappa shape index (κ3) is 1.26. The summed E-state index contributed by atoms with van der Waals surface area (Å²) in [4.78, 5) is 0. The highest BCUT2D eigenvalue weighted by Crippen LogP contribution is 2.36. The van der Waals surface area contributed by atoms with Crippen molar-refractivity contribution in [3.05, 3.63) is 28.6 Å². The maximum Gasteiger partial charge on any atom is 0.265 e. The summed E-state index contributed by atoms with van der Waals surface area (Å²) in [6.07, 6.45) is -2.43. The zero-order chi connectivity index (χ0) is 10.3. The first-order valence-corrected chi connectivity index (χ1v) is 5.03. The second kappa shape index (κ2) is 3.20. The van der Waals surface area contributed by atoms with Crippen molar-refractivity contribution in [1.29, 1.82) is 0 Å². The van der Waals surface area contributed by atoms with Crippen LogP contribution in [0.25, 0.3) is 10.1 Å². The number of benzene rings is 1. The number of hydrogen-bond donors (Lipinski definition) is 1. The number of anilines is 1. The molecule has 4 heteroatoms. The van der Waals surface area contributed by atoms with Crippen LogP contribution in [0.15, 0.2) is 17.5 Å². The van der Waals surface area contributed by atoms with E-state index in [0.29, 0.717) is 16.0 Å². The van der Waals surface area contributed by atoms with E-state index in [1.807, 2.05) is 0 Å². The molecular formula is C10H9F2NS. The number of nitrogen functional groups attached to an aromatic ring is 1. The molecule has 0 saturated heterocycles. The molecule has 0 amide bonds. The Morgan fingerprint density at radius 1 is 1.43 bits per heavy atom. The second-order valence-corrected chi connectivity index (χ2v) is 4.08. The Labute approximate surface area is 84.2 Å². The van der Waals surface area contributed by atoms with Gasteiger partial charge in [0.1, 0.15) is 0 Å². The maximum absolute atomic E-state index is 12.7. The van der Waals surface area contributed by atoms with Crippen LogP contribution in [-0.4, -0.2) is 0 Å². The highest BCUT2D eigenvalue weighted by Gasteiger charge is 2.15. The van der Waals surface area contributed by atoms with Crippen molar-refractivity contribution in [2.24, 2.45) is 0 Å². The molecule has 0 aliphatic carbocycles. The van der Waals surface area contributed by atoms with Crippen LogP contribution in [-0.2, 0) is 0 Å². The lowest BCUT2D eigenvalue weighted by atomic mass is 10.1. The Morgan fingerprint density at radius 3 is 2.79 bits per heavy atom. The van der Waals surface area contributed by atoms with Crippen LogP contribution in [0.1, 0.15) is 17.6 Å². The van der Waals surface area contributed by atoms with Gasteiger partial charge >= 0.3 is 0 Å². The molecule has 1 heterocycles. The molecule has 0 radical (unpaired) electrons. The first-order chi connectivity index (χ1) is 6.61. The summed E-state index contributed by atoms with van der Waals surface area (Å²) in [6, 6.07) is 3.26. The summed E-state index contributed by atoms with van der Waals surface area (Å²) in [5, 5.41) is 2.53. The molecule has 1 aromatic heterocycles. The molecule has 0 saturated carbocycles. The van der Waals surface area contributed by atoms with Gasteiger partial charge in [-0.3, -0.25) is 0 Å². The minimum absolute atomic E-state index is 0.0849. The van der Waals surface area contributed by atoms with Gasteiger partial charge in [0, 0.05) is 21.3 Å². The number of thiophene rings is 1. The monoisotopic (exact) mass is 213 g/mol. The Hall–Kier alpha value is -1.16. The van der Waals surface area contributed by atoms with Crippen LogP contribution in [0.2, 0.25) is 0 Å². The average molecular weight is 213 g/mol. The second-order valence-electron chi connectivity index (χ2n) is 3.16. The van der Waals surface area contributed by atoms with E-state index in [1.54, 1.807) is 18.4 Å². The van der Waals surface area contributed by atoms with Crippen molar-refractivity contribution >= 4 is 27.1 Å². The largest absolute Gasteiger partial charge is 0.398 e. The van der Waals surface area contributed by atoms with E-state index in [4.69, 9.17) is 5.73 Å². The van der Waals surface area contributed by atoms with Crippen molar-refractivity contribution in [3.63, 3.8) is 0 Å². The fraction of sp³-hybridized carbons (Fsp3) is 0.200. The summed E-state index contributed by atoms with van der Waals surface area (Å²) in [7, 11) is 0. The van der Waals surface area contributed by atoms with Crippen LogP contribution in [0.4, 0.5) is 14.5 Å². The molecule has 74 valence electrons. The zero-order valence-corrected chi connectivity index (χ0v) is 8.37. The lowest BCUT2D eigenvalue weighted by molar-refractivity contribution is 0.153. The Kier molecular flexibility index (Phi) is 2.15. The highest BCUT2D eigenvalue weighted by molar-refractivity contribution is 7.17. The van der Waals surface area contributed by atoms with Crippen molar-refractivity contribution in [2.45, 2.75) is 13.3 Å². The molecule has 14 heavy (non-hydrogen) atoms. The quantitative estimate of drug-likeness (QED) is 0.717. The smallest absolute Gasteiger partial charge is 0.265 e. The lowest BCUT2D eigenvalue weighted by Gasteiger charge is -2.07. The summed E-state index contributed by atoms with van der Waals surface area (Å²) < 4.78 is 25.9. The number of alkyl halides is 2. The number of aryl methyl sites for hydroxylation is 1. The molecule has 0 spiro atoms. The van der Waals surface area contributed by atoms with Gasteiger partial charge in [-0.25, -0.2) is 8.78 Å². The van der Waals surface area contributed by atoms with E-state index >= 15 is 0 Å². The van der Waals surface area contributed by atoms with Gasteiger partial charge in [-0.2, -0.15) is 0 Å². The van der Waals surface area contributed by atoms with E-state index in [1.165, 1.54) is 17.4 Å². The van der Waals surface area contributed by atoms with Crippen LogP contribution < -0.4 is 5.73 Å². The minimum Gasteiger partial charge on any atom is -0.398 e. The van der Waals surface area contributed by atoms with Crippen molar-refractivity contribution < 1.29 is 8.78 Å². The van der Waals surface area contributed by atoms with Crippen LogP contribution >= 0.6 is 11.3 Å².